The molecule has 0 aliphatic rings. The molecule has 28 heavy (non-hydrogen) atoms. The molecule has 0 N–H and O–H groups in total. The Hall–Kier alpha value is -2.67. The predicted molar refractivity (Wildman–Crippen MR) is 108 cm³/mol. The number of thioether (sulfide) groups is 1. The van der Waals surface area contributed by atoms with Crippen molar-refractivity contribution in [3.63, 3.8) is 0 Å². The molecule has 0 bridgehead atoms. The number of halogens is 1. The molecule has 0 saturated heterocycles. The molecule has 0 radical (unpaired) electrons. The molecule has 2 aromatic carbocycles. The number of carbonyl (C=O) groups is 1. The molecule has 5 nitrogen and oxygen atoms in total. The van der Waals surface area contributed by atoms with Gasteiger partial charge in [0.25, 0.3) is 0 Å². The summed E-state index contributed by atoms with van der Waals surface area (Å²) in [5.74, 6) is 0.135. The fraction of sp³-hybridized carbons (Fsp3) is 0.286. The van der Waals surface area contributed by atoms with E-state index in [-0.39, 0.29) is 17.5 Å². The third kappa shape index (κ3) is 5.42. The maximum Gasteiger partial charge on any atom is 0.316 e. The lowest BCUT2D eigenvalue weighted by Gasteiger charge is -2.19. The highest BCUT2D eigenvalue weighted by Crippen LogP contribution is 2.26. The molecule has 3 rings (SSSR count). The number of esters is 1. The molecule has 0 aliphatic heterocycles. The number of rotatable bonds is 6. The molecular formula is C21H22FN3O2S. The van der Waals surface area contributed by atoms with Crippen molar-refractivity contribution >= 4 is 17.7 Å². The molecule has 0 fully saturated rings. The van der Waals surface area contributed by atoms with E-state index in [9.17, 15) is 9.18 Å². The van der Waals surface area contributed by atoms with E-state index in [2.05, 4.69) is 10.2 Å². The normalized spacial score (nSPS) is 11.4. The van der Waals surface area contributed by atoms with Crippen LogP contribution >= 0.6 is 11.8 Å². The van der Waals surface area contributed by atoms with Crippen molar-refractivity contribution in [2.45, 2.75) is 38.1 Å². The molecule has 7 heteroatoms. The first kappa shape index (κ1) is 20.1. The monoisotopic (exact) mass is 399 g/mol. The van der Waals surface area contributed by atoms with Crippen LogP contribution in [0.3, 0.4) is 0 Å². The average Bonchev–Trinajstić information content (AvgIpc) is 3.03. The van der Waals surface area contributed by atoms with E-state index in [1.807, 2.05) is 55.7 Å². The van der Waals surface area contributed by atoms with Crippen molar-refractivity contribution in [1.29, 1.82) is 0 Å². The van der Waals surface area contributed by atoms with Gasteiger partial charge in [0.05, 0.1) is 12.3 Å². The summed E-state index contributed by atoms with van der Waals surface area (Å²) in [5, 5.41) is 9.14. The summed E-state index contributed by atoms with van der Waals surface area (Å²) >= 11 is 1.27. The van der Waals surface area contributed by atoms with Crippen LogP contribution in [0, 0.1) is 5.82 Å². The second-order valence-corrected chi connectivity index (χ2v) is 8.20. The Bertz CT molecular complexity index is 935. The quantitative estimate of drug-likeness (QED) is 0.449. The van der Waals surface area contributed by atoms with E-state index in [1.54, 1.807) is 12.1 Å². The van der Waals surface area contributed by atoms with Crippen LogP contribution in [-0.4, -0.2) is 32.1 Å². The minimum absolute atomic E-state index is 0.133. The number of hydrogen-bond donors (Lipinski definition) is 0. The van der Waals surface area contributed by atoms with Crippen LogP contribution in [0.2, 0.25) is 0 Å². The fourth-order valence-corrected chi connectivity index (χ4v) is 3.32. The molecule has 0 atom stereocenters. The van der Waals surface area contributed by atoms with Crippen LogP contribution < -0.4 is 0 Å². The van der Waals surface area contributed by atoms with Crippen molar-refractivity contribution in [3.8, 4) is 11.4 Å². The SMILES string of the molecule is CC(C)(C)OC(=O)CSc1nnc(-c2ccc(F)cc2)n1Cc1ccccc1. The van der Waals surface area contributed by atoms with Gasteiger partial charge < -0.3 is 4.74 Å². The van der Waals surface area contributed by atoms with Crippen molar-refractivity contribution < 1.29 is 13.9 Å². The van der Waals surface area contributed by atoms with Crippen LogP contribution in [0.4, 0.5) is 4.39 Å². The van der Waals surface area contributed by atoms with Gasteiger partial charge in [0, 0.05) is 5.56 Å². The minimum atomic E-state index is -0.533. The second-order valence-electron chi connectivity index (χ2n) is 7.26. The lowest BCUT2D eigenvalue weighted by molar-refractivity contribution is -0.151. The molecule has 0 amide bonds. The van der Waals surface area contributed by atoms with Gasteiger partial charge in [0.1, 0.15) is 11.4 Å². The molecule has 0 unspecified atom stereocenters. The third-order valence-corrected chi connectivity index (χ3v) is 4.68. The lowest BCUT2D eigenvalue weighted by atomic mass is 10.2. The third-order valence-electron chi connectivity index (χ3n) is 3.74. The first-order valence-electron chi connectivity index (χ1n) is 8.89. The van der Waals surface area contributed by atoms with Crippen LogP contribution in [0.1, 0.15) is 26.3 Å². The van der Waals surface area contributed by atoms with Crippen LogP contribution in [-0.2, 0) is 16.1 Å². The Morgan fingerprint density at radius 2 is 1.75 bits per heavy atom. The molecule has 1 heterocycles. The average molecular weight is 399 g/mol. The van der Waals surface area contributed by atoms with Gasteiger partial charge in [-0.05, 0) is 50.6 Å². The van der Waals surface area contributed by atoms with Crippen LogP contribution in [0.25, 0.3) is 11.4 Å². The maximum atomic E-state index is 13.3. The molecule has 1 aromatic heterocycles. The highest BCUT2D eigenvalue weighted by molar-refractivity contribution is 7.99. The molecule has 3 aromatic rings. The van der Waals surface area contributed by atoms with Crippen molar-refractivity contribution in [2.24, 2.45) is 0 Å². The summed E-state index contributed by atoms with van der Waals surface area (Å²) in [6.07, 6.45) is 0. The summed E-state index contributed by atoms with van der Waals surface area (Å²) < 4.78 is 20.6. The molecule has 0 saturated carbocycles. The number of benzene rings is 2. The highest BCUT2D eigenvalue weighted by Gasteiger charge is 2.19. The summed E-state index contributed by atoms with van der Waals surface area (Å²) in [5.41, 5.74) is 1.30. The summed E-state index contributed by atoms with van der Waals surface area (Å²) in [7, 11) is 0. The van der Waals surface area contributed by atoms with E-state index in [4.69, 9.17) is 4.74 Å². The summed E-state index contributed by atoms with van der Waals surface area (Å²) in [4.78, 5) is 12.1. The Balaban J connectivity index is 1.87. The first-order chi connectivity index (χ1) is 13.3. The Morgan fingerprint density at radius 3 is 2.39 bits per heavy atom. The van der Waals surface area contributed by atoms with E-state index in [0.29, 0.717) is 17.5 Å². The van der Waals surface area contributed by atoms with Gasteiger partial charge in [-0.2, -0.15) is 0 Å². The van der Waals surface area contributed by atoms with Crippen LogP contribution in [0.15, 0.2) is 59.8 Å². The van der Waals surface area contributed by atoms with Crippen molar-refractivity contribution in [2.75, 3.05) is 5.75 Å². The zero-order valence-corrected chi connectivity index (χ0v) is 16.9. The number of ether oxygens (including phenoxy) is 1. The lowest BCUT2D eigenvalue weighted by Crippen LogP contribution is -2.25. The topological polar surface area (TPSA) is 57.0 Å². The van der Waals surface area contributed by atoms with Gasteiger partial charge in [-0.15, -0.1) is 10.2 Å². The predicted octanol–water partition coefficient (Wildman–Crippen LogP) is 4.57. The number of carbonyl (C=O) groups excluding carboxylic acids is 1. The van der Waals surface area contributed by atoms with Crippen molar-refractivity contribution in [1.82, 2.24) is 14.8 Å². The zero-order chi connectivity index (χ0) is 20.1. The largest absolute Gasteiger partial charge is 0.459 e. The summed E-state index contributed by atoms with van der Waals surface area (Å²) in [6, 6.07) is 16.0. The molecule has 0 aliphatic carbocycles. The Morgan fingerprint density at radius 1 is 1.07 bits per heavy atom. The zero-order valence-electron chi connectivity index (χ0n) is 16.1. The molecule has 0 spiro atoms. The Labute approximate surface area is 167 Å². The minimum Gasteiger partial charge on any atom is -0.459 e. The van der Waals surface area contributed by atoms with Gasteiger partial charge in [0.2, 0.25) is 0 Å². The Kier molecular flexibility index (Phi) is 6.14. The van der Waals surface area contributed by atoms with Crippen molar-refractivity contribution in [3.05, 3.63) is 66.0 Å². The van der Waals surface area contributed by atoms with E-state index >= 15 is 0 Å². The maximum absolute atomic E-state index is 13.3. The van der Waals surface area contributed by atoms with Gasteiger partial charge in [-0.25, -0.2) is 4.39 Å². The first-order valence-corrected chi connectivity index (χ1v) is 9.88. The number of hydrogen-bond acceptors (Lipinski definition) is 5. The summed E-state index contributed by atoms with van der Waals surface area (Å²) in [6.45, 7) is 6.04. The number of nitrogens with zero attached hydrogens (tertiary/aromatic N) is 3. The van der Waals surface area contributed by atoms with Gasteiger partial charge in [-0.1, -0.05) is 42.1 Å². The highest BCUT2D eigenvalue weighted by atomic mass is 32.2. The number of aromatic nitrogens is 3. The van der Waals surface area contributed by atoms with Gasteiger partial charge >= 0.3 is 5.97 Å². The standard InChI is InChI=1S/C21H22FN3O2S/c1-21(2,3)27-18(26)14-28-20-24-23-19(16-9-11-17(22)12-10-16)25(20)13-15-7-5-4-6-8-15/h4-12H,13-14H2,1-3H3. The van der Waals surface area contributed by atoms with Gasteiger partial charge in [0.15, 0.2) is 11.0 Å². The fourth-order valence-electron chi connectivity index (χ4n) is 2.61. The second kappa shape index (κ2) is 8.56. The van der Waals surface area contributed by atoms with Gasteiger partial charge in [-0.3, -0.25) is 9.36 Å². The van der Waals surface area contributed by atoms with E-state index in [0.717, 1.165) is 11.1 Å². The van der Waals surface area contributed by atoms with E-state index < -0.39 is 5.60 Å². The molecular weight excluding hydrogens is 377 g/mol. The smallest absolute Gasteiger partial charge is 0.316 e. The van der Waals surface area contributed by atoms with Crippen LogP contribution in [0.5, 0.6) is 0 Å². The van der Waals surface area contributed by atoms with E-state index in [1.165, 1.54) is 23.9 Å². The molecule has 146 valence electrons.